The van der Waals surface area contributed by atoms with Crippen LogP contribution < -0.4 is 5.32 Å². The third-order valence-corrected chi connectivity index (χ3v) is 2.81. The second kappa shape index (κ2) is 7.49. The molecule has 7 nitrogen and oxygen atoms in total. The summed E-state index contributed by atoms with van der Waals surface area (Å²) in [6.45, 7) is 2.14. The Labute approximate surface area is 122 Å². The van der Waals surface area contributed by atoms with Gasteiger partial charge in [0.05, 0.1) is 6.10 Å². The number of pyridine rings is 1. The van der Waals surface area contributed by atoms with Gasteiger partial charge in [-0.1, -0.05) is 11.2 Å². The number of amides is 1. The van der Waals surface area contributed by atoms with Crippen LogP contribution in [0, 0.1) is 0 Å². The fourth-order valence-corrected chi connectivity index (χ4v) is 1.68. The van der Waals surface area contributed by atoms with Gasteiger partial charge in [-0.25, -0.2) is 0 Å². The molecule has 0 radical (unpaired) electrons. The zero-order chi connectivity index (χ0) is 15.1. The number of hydrogen-bond acceptors (Lipinski definition) is 6. The lowest BCUT2D eigenvalue weighted by molar-refractivity contribution is -0.121. The fraction of sp³-hybridized carbons (Fsp3) is 0.429. The van der Waals surface area contributed by atoms with Crippen molar-refractivity contribution in [3.05, 3.63) is 30.3 Å². The van der Waals surface area contributed by atoms with Gasteiger partial charge in [0, 0.05) is 25.6 Å². The minimum Gasteiger partial charge on any atom is -0.393 e. The highest BCUT2D eigenvalue weighted by molar-refractivity contribution is 5.75. The lowest BCUT2D eigenvalue weighted by Crippen LogP contribution is -2.26. The third-order valence-electron chi connectivity index (χ3n) is 2.81. The van der Waals surface area contributed by atoms with E-state index in [-0.39, 0.29) is 12.3 Å². The molecular weight excluding hydrogens is 272 g/mol. The first-order valence-corrected chi connectivity index (χ1v) is 6.84. The molecule has 1 atom stereocenters. The molecule has 0 spiro atoms. The first-order chi connectivity index (χ1) is 10.1. The van der Waals surface area contributed by atoms with Crippen LogP contribution in [0.3, 0.4) is 0 Å². The smallest absolute Gasteiger partial charge is 0.227 e. The standard InChI is InChI=1S/C14H18N4O3/c1-10(19)7-9-16-12(20)5-6-13-17-14(18-21-13)11-4-2-3-8-15-11/h2-4,8,10,19H,5-7,9H2,1H3,(H,16,20). The molecule has 2 rings (SSSR count). The van der Waals surface area contributed by atoms with Gasteiger partial charge < -0.3 is 14.9 Å². The van der Waals surface area contributed by atoms with E-state index in [1.165, 1.54) is 0 Å². The molecule has 1 unspecified atom stereocenters. The maximum absolute atomic E-state index is 11.6. The zero-order valence-electron chi connectivity index (χ0n) is 11.8. The van der Waals surface area contributed by atoms with Crippen LogP contribution in [-0.4, -0.2) is 38.8 Å². The number of rotatable bonds is 7. The van der Waals surface area contributed by atoms with E-state index < -0.39 is 6.10 Å². The Morgan fingerprint density at radius 3 is 3.05 bits per heavy atom. The lowest BCUT2D eigenvalue weighted by Gasteiger charge is -2.05. The van der Waals surface area contributed by atoms with Gasteiger partial charge in [0.25, 0.3) is 0 Å². The Kier molecular flexibility index (Phi) is 5.39. The average molecular weight is 290 g/mol. The summed E-state index contributed by atoms with van der Waals surface area (Å²) < 4.78 is 5.09. The maximum Gasteiger partial charge on any atom is 0.227 e. The summed E-state index contributed by atoms with van der Waals surface area (Å²) in [6.07, 6.45) is 2.42. The number of aliphatic hydroxyl groups is 1. The first-order valence-electron chi connectivity index (χ1n) is 6.84. The van der Waals surface area contributed by atoms with Crippen LogP contribution in [0.4, 0.5) is 0 Å². The molecule has 112 valence electrons. The highest BCUT2D eigenvalue weighted by Crippen LogP contribution is 2.12. The summed E-state index contributed by atoms with van der Waals surface area (Å²) in [5, 5.41) is 15.7. The van der Waals surface area contributed by atoms with Crippen LogP contribution >= 0.6 is 0 Å². The number of aromatic nitrogens is 3. The second-order valence-electron chi connectivity index (χ2n) is 4.71. The topological polar surface area (TPSA) is 101 Å². The lowest BCUT2D eigenvalue weighted by atomic mass is 10.2. The predicted octanol–water partition coefficient (Wildman–Crippen LogP) is 0.951. The SMILES string of the molecule is CC(O)CCNC(=O)CCc1nc(-c2ccccn2)no1. The van der Waals surface area contributed by atoms with Crippen molar-refractivity contribution in [2.75, 3.05) is 6.54 Å². The van der Waals surface area contributed by atoms with Crippen LogP contribution in [-0.2, 0) is 11.2 Å². The van der Waals surface area contributed by atoms with Crippen molar-refractivity contribution in [2.24, 2.45) is 0 Å². The summed E-state index contributed by atoms with van der Waals surface area (Å²) in [4.78, 5) is 19.9. The monoisotopic (exact) mass is 290 g/mol. The Balaban J connectivity index is 1.79. The van der Waals surface area contributed by atoms with E-state index in [1.54, 1.807) is 19.2 Å². The summed E-state index contributed by atoms with van der Waals surface area (Å²) in [5.41, 5.74) is 0.633. The molecule has 2 aromatic rings. The van der Waals surface area contributed by atoms with Crippen LogP contribution in [0.25, 0.3) is 11.5 Å². The van der Waals surface area contributed by atoms with Crippen molar-refractivity contribution in [1.29, 1.82) is 0 Å². The van der Waals surface area contributed by atoms with Gasteiger partial charge in [-0.2, -0.15) is 4.98 Å². The number of hydrogen-bond donors (Lipinski definition) is 2. The van der Waals surface area contributed by atoms with Gasteiger partial charge in [-0.3, -0.25) is 9.78 Å². The molecule has 0 aliphatic heterocycles. The molecule has 0 aliphatic carbocycles. The van der Waals surface area contributed by atoms with Gasteiger partial charge in [0.1, 0.15) is 5.69 Å². The number of aliphatic hydroxyl groups excluding tert-OH is 1. The van der Waals surface area contributed by atoms with Crippen molar-refractivity contribution < 1.29 is 14.4 Å². The van der Waals surface area contributed by atoms with E-state index in [2.05, 4.69) is 20.4 Å². The summed E-state index contributed by atoms with van der Waals surface area (Å²) in [7, 11) is 0. The van der Waals surface area contributed by atoms with Gasteiger partial charge in [-0.15, -0.1) is 0 Å². The number of carbonyl (C=O) groups excluding carboxylic acids is 1. The van der Waals surface area contributed by atoms with Crippen LogP contribution in [0.2, 0.25) is 0 Å². The van der Waals surface area contributed by atoms with Crippen LogP contribution in [0.1, 0.15) is 25.7 Å². The highest BCUT2D eigenvalue weighted by atomic mass is 16.5. The van der Waals surface area contributed by atoms with Gasteiger partial charge >= 0.3 is 0 Å². The summed E-state index contributed by atoms with van der Waals surface area (Å²) >= 11 is 0. The maximum atomic E-state index is 11.6. The van der Waals surface area contributed by atoms with Gasteiger partial charge in [0.2, 0.25) is 17.6 Å². The molecule has 0 saturated carbocycles. The zero-order valence-corrected chi connectivity index (χ0v) is 11.8. The van der Waals surface area contributed by atoms with Crippen molar-refractivity contribution in [3.8, 4) is 11.5 Å². The molecule has 1 amide bonds. The van der Waals surface area contributed by atoms with Crippen molar-refractivity contribution in [1.82, 2.24) is 20.4 Å². The van der Waals surface area contributed by atoms with E-state index in [1.807, 2.05) is 12.1 Å². The van der Waals surface area contributed by atoms with E-state index in [0.717, 1.165) is 0 Å². The molecule has 0 aromatic carbocycles. The fourth-order valence-electron chi connectivity index (χ4n) is 1.68. The van der Waals surface area contributed by atoms with E-state index in [9.17, 15) is 4.79 Å². The molecule has 2 heterocycles. The van der Waals surface area contributed by atoms with Crippen molar-refractivity contribution >= 4 is 5.91 Å². The molecule has 2 aromatic heterocycles. The number of carbonyl (C=O) groups is 1. The Morgan fingerprint density at radius 2 is 2.33 bits per heavy atom. The molecule has 0 saturated heterocycles. The normalized spacial score (nSPS) is 12.1. The third kappa shape index (κ3) is 4.96. The molecular formula is C14H18N4O3. The quantitative estimate of drug-likeness (QED) is 0.787. The summed E-state index contributed by atoms with van der Waals surface area (Å²) in [5.74, 6) is 0.717. The Hall–Kier alpha value is -2.28. The van der Waals surface area contributed by atoms with E-state index >= 15 is 0 Å². The molecule has 7 heteroatoms. The Morgan fingerprint density at radius 1 is 1.48 bits per heavy atom. The molecule has 0 aliphatic rings. The van der Waals surface area contributed by atoms with E-state index in [4.69, 9.17) is 9.63 Å². The molecule has 21 heavy (non-hydrogen) atoms. The van der Waals surface area contributed by atoms with Crippen LogP contribution in [0.5, 0.6) is 0 Å². The van der Waals surface area contributed by atoms with Crippen LogP contribution in [0.15, 0.2) is 28.9 Å². The minimum absolute atomic E-state index is 0.103. The average Bonchev–Trinajstić information content (AvgIpc) is 2.94. The van der Waals surface area contributed by atoms with Crippen molar-refractivity contribution in [2.45, 2.75) is 32.3 Å². The molecule has 0 bridgehead atoms. The van der Waals surface area contributed by atoms with E-state index in [0.29, 0.717) is 36.8 Å². The second-order valence-corrected chi connectivity index (χ2v) is 4.71. The molecule has 0 fully saturated rings. The van der Waals surface area contributed by atoms with Crippen molar-refractivity contribution in [3.63, 3.8) is 0 Å². The predicted molar refractivity (Wildman–Crippen MR) is 75.2 cm³/mol. The highest BCUT2D eigenvalue weighted by Gasteiger charge is 2.11. The molecule has 2 N–H and O–H groups in total. The largest absolute Gasteiger partial charge is 0.393 e. The number of nitrogens with one attached hydrogen (secondary N) is 1. The number of nitrogens with zero attached hydrogens (tertiary/aromatic N) is 3. The number of aryl methyl sites for hydroxylation is 1. The Bertz CT molecular complexity index is 569. The first kappa shape index (κ1) is 15.1. The van der Waals surface area contributed by atoms with Gasteiger partial charge in [-0.05, 0) is 25.5 Å². The van der Waals surface area contributed by atoms with Gasteiger partial charge in [0.15, 0.2) is 0 Å². The summed E-state index contributed by atoms with van der Waals surface area (Å²) in [6, 6.07) is 5.44. The minimum atomic E-state index is -0.415.